The number of carbonyl (C=O) groups excluding carboxylic acids is 1. The van der Waals surface area contributed by atoms with E-state index in [0.717, 1.165) is 22.8 Å². The monoisotopic (exact) mass is 318 g/mol. The number of aryl methyl sites for hydroxylation is 3. The van der Waals surface area contributed by atoms with E-state index in [2.05, 4.69) is 15.0 Å². The molecule has 0 spiro atoms. The number of thiazole rings is 1. The number of likely N-dealkylation sites (tertiary alicyclic amines) is 1. The highest BCUT2D eigenvalue weighted by Gasteiger charge is 2.29. The second kappa shape index (κ2) is 6.00. The highest BCUT2D eigenvalue weighted by Crippen LogP contribution is 2.19. The molecule has 1 unspecified atom stereocenters. The summed E-state index contributed by atoms with van der Waals surface area (Å²) in [6.45, 7) is 6.94. The van der Waals surface area contributed by atoms with Crippen LogP contribution in [0.5, 0.6) is 6.01 Å². The van der Waals surface area contributed by atoms with Crippen LogP contribution in [0.15, 0.2) is 11.4 Å². The highest BCUT2D eigenvalue weighted by atomic mass is 32.1. The van der Waals surface area contributed by atoms with Crippen molar-refractivity contribution in [3.05, 3.63) is 33.5 Å². The van der Waals surface area contributed by atoms with Gasteiger partial charge in [-0.2, -0.15) is 0 Å². The van der Waals surface area contributed by atoms with Crippen LogP contribution in [0, 0.1) is 20.8 Å². The first kappa shape index (κ1) is 14.9. The number of nitrogens with zero attached hydrogens (tertiary/aromatic N) is 4. The predicted octanol–water partition coefficient (Wildman–Crippen LogP) is 2.15. The molecule has 1 saturated heterocycles. The van der Waals surface area contributed by atoms with Crippen molar-refractivity contribution in [3.8, 4) is 6.01 Å². The van der Waals surface area contributed by atoms with Crippen LogP contribution in [0.2, 0.25) is 0 Å². The molecular weight excluding hydrogens is 300 g/mol. The van der Waals surface area contributed by atoms with Crippen LogP contribution in [0.4, 0.5) is 0 Å². The van der Waals surface area contributed by atoms with E-state index in [1.165, 1.54) is 11.3 Å². The Morgan fingerprint density at radius 1 is 1.27 bits per heavy atom. The number of aromatic nitrogens is 3. The number of ether oxygens (including phenoxy) is 1. The van der Waals surface area contributed by atoms with Crippen LogP contribution in [0.1, 0.15) is 33.3 Å². The number of amides is 1. The summed E-state index contributed by atoms with van der Waals surface area (Å²) in [5, 5.41) is 2.71. The smallest absolute Gasteiger partial charge is 0.317 e. The van der Waals surface area contributed by atoms with Gasteiger partial charge in [0.05, 0.1) is 11.6 Å². The normalized spacial score (nSPS) is 17.8. The van der Waals surface area contributed by atoms with Crippen LogP contribution in [0.3, 0.4) is 0 Å². The van der Waals surface area contributed by atoms with Crippen molar-refractivity contribution in [2.75, 3.05) is 13.1 Å². The van der Waals surface area contributed by atoms with Gasteiger partial charge >= 0.3 is 6.01 Å². The molecule has 3 rings (SSSR count). The van der Waals surface area contributed by atoms with Crippen LogP contribution in [-0.2, 0) is 0 Å². The van der Waals surface area contributed by atoms with Crippen LogP contribution in [-0.4, -0.2) is 45.0 Å². The number of hydrogen-bond donors (Lipinski definition) is 0. The number of carbonyl (C=O) groups is 1. The van der Waals surface area contributed by atoms with Gasteiger partial charge < -0.3 is 9.64 Å². The first-order valence-corrected chi connectivity index (χ1v) is 8.09. The summed E-state index contributed by atoms with van der Waals surface area (Å²) in [7, 11) is 0. The van der Waals surface area contributed by atoms with E-state index >= 15 is 0 Å². The maximum Gasteiger partial charge on any atom is 0.317 e. The van der Waals surface area contributed by atoms with Gasteiger partial charge in [-0.1, -0.05) is 0 Å². The fourth-order valence-electron chi connectivity index (χ4n) is 2.53. The van der Waals surface area contributed by atoms with E-state index in [4.69, 9.17) is 4.74 Å². The van der Waals surface area contributed by atoms with Crippen molar-refractivity contribution in [1.29, 1.82) is 0 Å². The maximum atomic E-state index is 12.3. The summed E-state index contributed by atoms with van der Waals surface area (Å²) >= 11 is 1.49. The fourth-order valence-corrected chi connectivity index (χ4v) is 3.11. The summed E-state index contributed by atoms with van der Waals surface area (Å²) < 4.78 is 5.82. The van der Waals surface area contributed by atoms with E-state index in [-0.39, 0.29) is 12.0 Å². The standard InChI is InChI=1S/C15H18N4O2S/c1-9-6-10(2)17-15(16-9)21-12-4-5-19(7-12)14(20)13-8-22-11(3)18-13/h6,8,12H,4-5,7H2,1-3H3. The molecule has 0 bridgehead atoms. The molecule has 6 nitrogen and oxygen atoms in total. The Balaban J connectivity index is 1.63. The highest BCUT2D eigenvalue weighted by molar-refractivity contribution is 7.09. The molecule has 1 atom stereocenters. The molecule has 1 amide bonds. The Kier molecular flexibility index (Phi) is 4.06. The molecule has 0 radical (unpaired) electrons. The van der Waals surface area contributed by atoms with Crippen molar-refractivity contribution in [3.63, 3.8) is 0 Å². The molecule has 3 heterocycles. The average molecular weight is 318 g/mol. The third kappa shape index (κ3) is 3.24. The SMILES string of the molecule is Cc1cc(C)nc(OC2CCN(C(=O)c3csc(C)n3)C2)n1. The van der Waals surface area contributed by atoms with Gasteiger partial charge in [0, 0.05) is 29.7 Å². The molecule has 116 valence electrons. The Morgan fingerprint density at radius 3 is 2.64 bits per heavy atom. The predicted molar refractivity (Wildman–Crippen MR) is 83.3 cm³/mol. The third-order valence-corrected chi connectivity index (χ3v) is 4.28. The molecule has 0 aromatic carbocycles. The largest absolute Gasteiger partial charge is 0.458 e. The van der Waals surface area contributed by atoms with E-state index in [9.17, 15) is 4.79 Å². The average Bonchev–Trinajstić information content (AvgIpc) is 3.06. The summed E-state index contributed by atoms with van der Waals surface area (Å²) in [6, 6.07) is 2.29. The topological polar surface area (TPSA) is 68.2 Å². The zero-order valence-electron chi connectivity index (χ0n) is 12.9. The molecule has 1 aliphatic heterocycles. The molecule has 7 heteroatoms. The van der Waals surface area contributed by atoms with Crippen molar-refractivity contribution in [2.45, 2.75) is 33.3 Å². The minimum atomic E-state index is -0.0649. The summed E-state index contributed by atoms with van der Waals surface area (Å²) in [4.78, 5) is 26.9. The van der Waals surface area contributed by atoms with E-state index in [1.54, 1.807) is 10.3 Å². The minimum Gasteiger partial charge on any atom is -0.458 e. The Labute approximate surface area is 133 Å². The summed E-state index contributed by atoms with van der Waals surface area (Å²) in [5.41, 5.74) is 2.28. The quantitative estimate of drug-likeness (QED) is 0.867. The number of rotatable bonds is 3. The van der Waals surface area contributed by atoms with Gasteiger partial charge in [0.2, 0.25) is 0 Å². The van der Waals surface area contributed by atoms with Crippen LogP contribution < -0.4 is 4.74 Å². The molecule has 2 aromatic heterocycles. The Morgan fingerprint density at radius 2 is 2.00 bits per heavy atom. The third-order valence-electron chi connectivity index (χ3n) is 3.50. The molecular formula is C15H18N4O2S. The van der Waals surface area contributed by atoms with E-state index < -0.39 is 0 Å². The molecule has 1 fully saturated rings. The zero-order valence-corrected chi connectivity index (χ0v) is 13.7. The minimum absolute atomic E-state index is 0.0307. The molecule has 0 N–H and O–H groups in total. The zero-order chi connectivity index (χ0) is 15.7. The van der Waals surface area contributed by atoms with Gasteiger partial charge in [-0.3, -0.25) is 4.79 Å². The summed E-state index contributed by atoms with van der Waals surface area (Å²) in [6.07, 6.45) is 0.718. The fraction of sp³-hybridized carbons (Fsp3) is 0.467. The Bertz CT molecular complexity index is 680. The van der Waals surface area contributed by atoms with E-state index in [0.29, 0.717) is 24.8 Å². The van der Waals surface area contributed by atoms with Gasteiger partial charge in [0.25, 0.3) is 5.91 Å². The van der Waals surface area contributed by atoms with Gasteiger partial charge in [-0.05, 0) is 26.8 Å². The lowest BCUT2D eigenvalue weighted by Gasteiger charge is -2.15. The van der Waals surface area contributed by atoms with Gasteiger partial charge in [0.15, 0.2) is 0 Å². The van der Waals surface area contributed by atoms with Gasteiger partial charge in [-0.15, -0.1) is 11.3 Å². The first-order valence-electron chi connectivity index (χ1n) is 7.21. The van der Waals surface area contributed by atoms with Gasteiger partial charge in [0.1, 0.15) is 11.8 Å². The van der Waals surface area contributed by atoms with Crippen molar-refractivity contribution in [1.82, 2.24) is 19.9 Å². The second-order valence-electron chi connectivity index (χ2n) is 5.46. The molecule has 1 aliphatic rings. The van der Waals surface area contributed by atoms with Gasteiger partial charge in [-0.25, -0.2) is 15.0 Å². The Hall–Kier alpha value is -2.02. The maximum absolute atomic E-state index is 12.3. The molecule has 22 heavy (non-hydrogen) atoms. The first-order chi connectivity index (χ1) is 10.5. The second-order valence-corrected chi connectivity index (χ2v) is 6.53. The number of hydrogen-bond acceptors (Lipinski definition) is 6. The molecule has 0 aliphatic carbocycles. The molecule has 0 saturated carbocycles. The lowest BCUT2D eigenvalue weighted by Crippen LogP contribution is -2.31. The summed E-state index contributed by atoms with van der Waals surface area (Å²) in [5.74, 6) is -0.0307. The van der Waals surface area contributed by atoms with Crippen LogP contribution in [0.25, 0.3) is 0 Å². The van der Waals surface area contributed by atoms with Crippen molar-refractivity contribution >= 4 is 17.2 Å². The lowest BCUT2D eigenvalue weighted by molar-refractivity contribution is 0.0764. The molecule has 2 aromatic rings. The van der Waals surface area contributed by atoms with Crippen LogP contribution >= 0.6 is 11.3 Å². The lowest BCUT2D eigenvalue weighted by atomic mass is 10.3. The van der Waals surface area contributed by atoms with Crippen molar-refractivity contribution < 1.29 is 9.53 Å². The van der Waals surface area contributed by atoms with E-state index in [1.807, 2.05) is 26.8 Å². The van der Waals surface area contributed by atoms with Crippen molar-refractivity contribution in [2.24, 2.45) is 0 Å².